The summed E-state index contributed by atoms with van der Waals surface area (Å²) >= 11 is 5.87. The minimum atomic E-state index is -4.11. The van der Waals surface area contributed by atoms with Crippen LogP contribution in [0, 0.1) is 0 Å². The van der Waals surface area contributed by atoms with Crippen LogP contribution in [-0.2, 0) is 9.84 Å². The molecule has 1 fully saturated rings. The number of nitrogens with one attached hydrogen (secondary N) is 1. The molecule has 0 saturated carbocycles. The molecule has 0 unspecified atom stereocenters. The number of alkyl halides is 2. The van der Waals surface area contributed by atoms with E-state index in [2.05, 4.69) is 5.32 Å². The molecule has 2 aromatic carbocycles. The van der Waals surface area contributed by atoms with Crippen LogP contribution in [0.1, 0.15) is 12.0 Å². The Morgan fingerprint density at radius 2 is 1.76 bits per heavy atom. The van der Waals surface area contributed by atoms with Crippen LogP contribution < -0.4 is 10.2 Å². The first kappa shape index (κ1) is 18.1. The Morgan fingerprint density at radius 1 is 1.08 bits per heavy atom. The summed E-state index contributed by atoms with van der Waals surface area (Å²) < 4.78 is 53.5. The molecule has 134 valence electrons. The molecule has 8 heteroatoms. The van der Waals surface area contributed by atoms with E-state index in [-0.39, 0.29) is 20.5 Å². The highest BCUT2D eigenvalue weighted by Crippen LogP contribution is 2.38. The van der Waals surface area contributed by atoms with Gasteiger partial charge in [0.1, 0.15) is 0 Å². The average Bonchev–Trinajstić information content (AvgIpc) is 2.61. The van der Waals surface area contributed by atoms with E-state index in [1.165, 1.54) is 36.4 Å². The molecule has 0 amide bonds. The summed E-state index contributed by atoms with van der Waals surface area (Å²) in [6.07, 6.45) is -2.91. The zero-order chi connectivity index (χ0) is 18.0. The molecular formula is C17H17ClF2N2O2S. The molecule has 0 atom stereocenters. The highest BCUT2D eigenvalue weighted by molar-refractivity contribution is 7.91. The van der Waals surface area contributed by atoms with Gasteiger partial charge in [0, 0.05) is 36.9 Å². The zero-order valence-electron chi connectivity index (χ0n) is 13.3. The minimum Gasteiger partial charge on any atom is -0.369 e. The summed E-state index contributed by atoms with van der Waals surface area (Å²) in [5.41, 5.74) is -0.191. The summed E-state index contributed by atoms with van der Waals surface area (Å²) in [6.45, 7) is 2.41. The summed E-state index contributed by atoms with van der Waals surface area (Å²) in [6, 6.07) is 9.91. The molecule has 0 spiro atoms. The number of rotatable bonds is 4. The van der Waals surface area contributed by atoms with Gasteiger partial charge in [0.25, 0.3) is 6.43 Å². The Balaban J connectivity index is 2.15. The van der Waals surface area contributed by atoms with E-state index in [1.807, 2.05) is 0 Å². The van der Waals surface area contributed by atoms with Gasteiger partial charge in [-0.25, -0.2) is 17.2 Å². The van der Waals surface area contributed by atoms with Crippen molar-refractivity contribution in [3.05, 3.63) is 53.1 Å². The standard InChI is InChI=1S/C17H17ClF2N2O2S/c18-12-3-1-4-13(11-12)25(23,24)15-6-2-5-14(16(15)17(19)20)22-9-7-21-8-10-22/h1-6,11,17,21H,7-10H2. The fourth-order valence-corrected chi connectivity index (χ4v) is 4.72. The molecule has 1 heterocycles. The Bertz CT molecular complexity index is 869. The third kappa shape index (κ3) is 3.63. The maximum absolute atomic E-state index is 13.8. The van der Waals surface area contributed by atoms with Gasteiger partial charge in [-0.1, -0.05) is 23.7 Å². The Labute approximate surface area is 150 Å². The number of hydrogen-bond acceptors (Lipinski definition) is 4. The molecule has 25 heavy (non-hydrogen) atoms. The van der Waals surface area contributed by atoms with Crippen molar-refractivity contribution in [1.82, 2.24) is 5.32 Å². The summed E-state index contributed by atoms with van der Waals surface area (Å²) in [5.74, 6) is 0. The molecule has 1 aliphatic rings. The first-order chi connectivity index (χ1) is 11.9. The molecular weight excluding hydrogens is 370 g/mol. The Morgan fingerprint density at radius 3 is 2.40 bits per heavy atom. The number of halogens is 3. The average molecular weight is 387 g/mol. The van der Waals surface area contributed by atoms with Gasteiger partial charge in [-0.2, -0.15) is 0 Å². The lowest BCUT2D eigenvalue weighted by molar-refractivity contribution is 0.148. The van der Waals surface area contributed by atoms with Gasteiger partial charge in [-0.15, -0.1) is 0 Å². The van der Waals surface area contributed by atoms with Gasteiger partial charge in [0.05, 0.1) is 15.4 Å². The van der Waals surface area contributed by atoms with Crippen molar-refractivity contribution >= 4 is 27.1 Å². The lowest BCUT2D eigenvalue weighted by Gasteiger charge is -2.31. The second-order valence-corrected chi connectivity index (χ2v) is 8.04. The maximum Gasteiger partial charge on any atom is 0.267 e. The predicted octanol–water partition coefficient (Wildman–Crippen LogP) is 3.52. The van der Waals surface area contributed by atoms with E-state index in [0.717, 1.165) is 0 Å². The molecule has 0 aromatic heterocycles. The molecule has 1 saturated heterocycles. The molecule has 3 rings (SSSR count). The largest absolute Gasteiger partial charge is 0.369 e. The maximum atomic E-state index is 13.8. The van der Waals surface area contributed by atoms with Crippen molar-refractivity contribution in [2.45, 2.75) is 16.2 Å². The molecule has 0 bridgehead atoms. The lowest BCUT2D eigenvalue weighted by atomic mass is 10.1. The van der Waals surface area contributed by atoms with Crippen molar-refractivity contribution in [3.63, 3.8) is 0 Å². The number of benzene rings is 2. The highest BCUT2D eigenvalue weighted by atomic mass is 35.5. The number of hydrogen-bond donors (Lipinski definition) is 1. The SMILES string of the molecule is O=S(=O)(c1cccc(Cl)c1)c1cccc(N2CCNCC2)c1C(F)F. The van der Waals surface area contributed by atoms with Crippen molar-refractivity contribution in [2.24, 2.45) is 0 Å². The van der Waals surface area contributed by atoms with E-state index in [0.29, 0.717) is 26.2 Å². The van der Waals surface area contributed by atoms with Crippen molar-refractivity contribution in [3.8, 4) is 0 Å². The third-order valence-corrected chi connectivity index (χ3v) is 6.16. The smallest absolute Gasteiger partial charge is 0.267 e. The van der Waals surface area contributed by atoms with E-state index in [1.54, 1.807) is 11.0 Å². The van der Waals surface area contributed by atoms with Crippen LogP contribution >= 0.6 is 11.6 Å². The van der Waals surface area contributed by atoms with Gasteiger partial charge >= 0.3 is 0 Å². The lowest BCUT2D eigenvalue weighted by Crippen LogP contribution is -2.44. The predicted molar refractivity (Wildman–Crippen MR) is 93.4 cm³/mol. The van der Waals surface area contributed by atoms with E-state index in [9.17, 15) is 17.2 Å². The topological polar surface area (TPSA) is 49.4 Å². The van der Waals surface area contributed by atoms with E-state index < -0.39 is 21.8 Å². The van der Waals surface area contributed by atoms with Gasteiger partial charge in [-0.3, -0.25) is 0 Å². The number of piperazine rings is 1. The first-order valence-electron chi connectivity index (χ1n) is 7.78. The zero-order valence-corrected chi connectivity index (χ0v) is 14.8. The number of sulfone groups is 1. The van der Waals surface area contributed by atoms with Crippen molar-refractivity contribution < 1.29 is 17.2 Å². The van der Waals surface area contributed by atoms with Crippen LogP contribution in [0.15, 0.2) is 52.3 Å². The van der Waals surface area contributed by atoms with E-state index >= 15 is 0 Å². The second-order valence-electron chi connectivity index (χ2n) is 5.69. The monoisotopic (exact) mass is 386 g/mol. The molecule has 0 aliphatic carbocycles. The fraction of sp³-hybridized carbons (Fsp3) is 0.294. The van der Waals surface area contributed by atoms with Crippen molar-refractivity contribution in [2.75, 3.05) is 31.1 Å². The van der Waals surface area contributed by atoms with Crippen LogP contribution in [0.2, 0.25) is 5.02 Å². The fourth-order valence-electron chi connectivity index (χ4n) is 2.93. The van der Waals surface area contributed by atoms with Crippen molar-refractivity contribution in [1.29, 1.82) is 0 Å². The van der Waals surface area contributed by atoms with Crippen LogP contribution in [0.3, 0.4) is 0 Å². The highest BCUT2D eigenvalue weighted by Gasteiger charge is 2.30. The summed E-state index contributed by atoms with van der Waals surface area (Å²) in [4.78, 5) is 1.31. The minimum absolute atomic E-state index is 0.0978. The molecule has 0 radical (unpaired) electrons. The normalized spacial score (nSPS) is 15.6. The molecule has 1 aliphatic heterocycles. The van der Waals surface area contributed by atoms with Crippen LogP contribution in [0.5, 0.6) is 0 Å². The van der Waals surface area contributed by atoms with Crippen LogP contribution in [0.4, 0.5) is 14.5 Å². The first-order valence-corrected chi connectivity index (χ1v) is 9.65. The van der Waals surface area contributed by atoms with Gasteiger partial charge in [0.15, 0.2) is 0 Å². The van der Waals surface area contributed by atoms with Gasteiger partial charge < -0.3 is 10.2 Å². The molecule has 2 aromatic rings. The summed E-state index contributed by atoms with van der Waals surface area (Å²) in [7, 11) is -4.11. The third-order valence-electron chi connectivity index (χ3n) is 4.11. The van der Waals surface area contributed by atoms with Gasteiger partial charge in [0.2, 0.25) is 9.84 Å². The Kier molecular flexibility index (Phi) is 5.27. The van der Waals surface area contributed by atoms with E-state index in [4.69, 9.17) is 11.6 Å². The molecule has 1 N–H and O–H groups in total. The summed E-state index contributed by atoms with van der Waals surface area (Å²) in [5, 5.41) is 3.38. The van der Waals surface area contributed by atoms with Gasteiger partial charge in [-0.05, 0) is 30.3 Å². The van der Waals surface area contributed by atoms with Crippen LogP contribution in [0.25, 0.3) is 0 Å². The molecule has 4 nitrogen and oxygen atoms in total. The number of nitrogens with zero attached hydrogens (tertiary/aromatic N) is 1. The quantitative estimate of drug-likeness (QED) is 0.873. The van der Waals surface area contributed by atoms with Crippen LogP contribution in [-0.4, -0.2) is 34.6 Å². The second kappa shape index (κ2) is 7.27. The Hall–Kier alpha value is -1.70. The number of anilines is 1.